The molecule has 0 atom stereocenters. The number of halogens is 1. The molecule has 0 aromatic heterocycles. The van der Waals surface area contributed by atoms with Gasteiger partial charge in [-0.2, -0.15) is 0 Å². The minimum absolute atomic E-state index is 0.00965. The number of unbranched alkanes of at least 4 members (excludes halogenated alkanes) is 1. The SMILES string of the molecule is Cc1cc(OCCCCS(N)(=O)=O)ccc1Br. The summed E-state index contributed by atoms with van der Waals surface area (Å²) in [6.45, 7) is 2.48. The summed E-state index contributed by atoms with van der Waals surface area (Å²) in [7, 11) is -3.34. The molecule has 6 heteroatoms. The molecule has 0 saturated carbocycles. The number of hydrogen-bond acceptors (Lipinski definition) is 3. The normalized spacial score (nSPS) is 11.5. The van der Waals surface area contributed by atoms with Gasteiger partial charge in [0.25, 0.3) is 0 Å². The van der Waals surface area contributed by atoms with Crippen LogP contribution in [0.5, 0.6) is 5.75 Å². The van der Waals surface area contributed by atoms with Crippen molar-refractivity contribution in [1.82, 2.24) is 0 Å². The second-order valence-electron chi connectivity index (χ2n) is 3.83. The Bertz CT molecular complexity index is 474. The van der Waals surface area contributed by atoms with E-state index in [4.69, 9.17) is 9.88 Å². The van der Waals surface area contributed by atoms with Crippen molar-refractivity contribution in [2.24, 2.45) is 5.14 Å². The molecule has 0 saturated heterocycles. The molecule has 0 fully saturated rings. The van der Waals surface area contributed by atoms with Crippen LogP contribution in [0.4, 0.5) is 0 Å². The molecule has 0 aliphatic carbocycles. The highest BCUT2D eigenvalue weighted by Crippen LogP contribution is 2.21. The molecule has 0 heterocycles. The molecule has 0 radical (unpaired) electrons. The topological polar surface area (TPSA) is 69.4 Å². The van der Waals surface area contributed by atoms with E-state index >= 15 is 0 Å². The molecule has 0 spiro atoms. The third-order valence-electron chi connectivity index (χ3n) is 2.22. The fourth-order valence-electron chi connectivity index (χ4n) is 1.30. The molecule has 0 bridgehead atoms. The lowest BCUT2D eigenvalue weighted by molar-refractivity contribution is 0.309. The Morgan fingerprint density at radius 3 is 2.65 bits per heavy atom. The maximum atomic E-state index is 10.7. The van der Waals surface area contributed by atoms with Gasteiger partial charge < -0.3 is 4.74 Å². The molecule has 0 amide bonds. The number of nitrogens with two attached hydrogens (primary N) is 1. The second kappa shape index (κ2) is 6.37. The van der Waals surface area contributed by atoms with Gasteiger partial charge in [-0.1, -0.05) is 15.9 Å². The van der Waals surface area contributed by atoms with E-state index in [0.29, 0.717) is 19.4 Å². The zero-order valence-electron chi connectivity index (χ0n) is 9.65. The van der Waals surface area contributed by atoms with E-state index in [1.54, 1.807) is 0 Å². The number of rotatable bonds is 6. The van der Waals surface area contributed by atoms with Gasteiger partial charge in [-0.15, -0.1) is 0 Å². The fraction of sp³-hybridized carbons (Fsp3) is 0.455. The maximum absolute atomic E-state index is 10.7. The van der Waals surface area contributed by atoms with Crippen LogP contribution < -0.4 is 9.88 Å². The van der Waals surface area contributed by atoms with Crippen LogP contribution >= 0.6 is 15.9 Å². The highest BCUT2D eigenvalue weighted by Gasteiger charge is 2.02. The Kier molecular flexibility index (Phi) is 5.42. The van der Waals surface area contributed by atoms with Crippen molar-refractivity contribution in [3.05, 3.63) is 28.2 Å². The second-order valence-corrected chi connectivity index (χ2v) is 6.42. The van der Waals surface area contributed by atoms with Gasteiger partial charge in [0.05, 0.1) is 12.4 Å². The van der Waals surface area contributed by atoms with Gasteiger partial charge in [-0.05, 0) is 43.5 Å². The van der Waals surface area contributed by atoms with Gasteiger partial charge in [0.15, 0.2) is 0 Å². The van der Waals surface area contributed by atoms with E-state index in [-0.39, 0.29) is 5.75 Å². The minimum Gasteiger partial charge on any atom is -0.494 e. The van der Waals surface area contributed by atoms with Crippen molar-refractivity contribution in [3.8, 4) is 5.75 Å². The number of primary sulfonamides is 1. The predicted octanol–water partition coefficient (Wildman–Crippen LogP) is 2.21. The first kappa shape index (κ1) is 14.5. The minimum atomic E-state index is -3.34. The summed E-state index contributed by atoms with van der Waals surface area (Å²) in [5.74, 6) is 0.803. The number of ether oxygens (including phenoxy) is 1. The number of benzene rings is 1. The molecule has 0 unspecified atom stereocenters. The summed E-state index contributed by atoms with van der Waals surface area (Å²) in [6, 6.07) is 5.73. The lowest BCUT2D eigenvalue weighted by Crippen LogP contribution is -2.16. The molecule has 96 valence electrons. The van der Waals surface area contributed by atoms with Crippen LogP contribution in [-0.4, -0.2) is 20.8 Å². The van der Waals surface area contributed by atoms with E-state index in [0.717, 1.165) is 15.8 Å². The fourth-order valence-corrected chi connectivity index (χ4v) is 2.16. The monoisotopic (exact) mass is 321 g/mol. The Labute approximate surface area is 110 Å². The van der Waals surface area contributed by atoms with E-state index < -0.39 is 10.0 Å². The third kappa shape index (κ3) is 6.05. The smallest absolute Gasteiger partial charge is 0.209 e. The first-order chi connectivity index (χ1) is 7.88. The summed E-state index contributed by atoms with van der Waals surface area (Å²) in [6.07, 6.45) is 1.19. The lowest BCUT2D eigenvalue weighted by Gasteiger charge is -2.07. The van der Waals surface area contributed by atoms with Crippen LogP contribution in [0, 0.1) is 6.92 Å². The van der Waals surface area contributed by atoms with Gasteiger partial charge >= 0.3 is 0 Å². The highest BCUT2D eigenvalue weighted by molar-refractivity contribution is 9.10. The molecular formula is C11H16BrNO3S. The van der Waals surface area contributed by atoms with Crippen molar-refractivity contribution in [2.45, 2.75) is 19.8 Å². The average Bonchev–Trinajstić information content (AvgIpc) is 2.21. The van der Waals surface area contributed by atoms with Crippen molar-refractivity contribution >= 4 is 26.0 Å². The largest absolute Gasteiger partial charge is 0.494 e. The van der Waals surface area contributed by atoms with E-state index in [2.05, 4.69) is 15.9 Å². The van der Waals surface area contributed by atoms with Crippen LogP contribution in [0.15, 0.2) is 22.7 Å². The zero-order chi connectivity index (χ0) is 12.9. The quantitative estimate of drug-likeness (QED) is 0.816. The molecular weight excluding hydrogens is 306 g/mol. The van der Waals surface area contributed by atoms with E-state index in [1.165, 1.54) is 0 Å². The Balaban J connectivity index is 2.29. The summed E-state index contributed by atoms with van der Waals surface area (Å²) in [4.78, 5) is 0. The summed E-state index contributed by atoms with van der Waals surface area (Å²) in [5.41, 5.74) is 1.10. The predicted molar refractivity (Wildman–Crippen MR) is 71.6 cm³/mol. The Morgan fingerprint density at radius 1 is 1.35 bits per heavy atom. The lowest BCUT2D eigenvalue weighted by atomic mass is 10.2. The molecule has 4 nitrogen and oxygen atoms in total. The zero-order valence-corrected chi connectivity index (χ0v) is 12.1. The molecule has 1 rings (SSSR count). The summed E-state index contributed by atoms with van der Waals surface area (Å²) < 4.78 is 27.9. The van der Waals surface area contributed by atoms with E-state index in [1.807, 2.05) is 25.1 Å². The number of aryl methyl sites for hydroxylation is 1. The highest BCUT2D eigenvalue weighted by atomic mass is 79.9. The number of hydrogen-bond donors (Lipinski definition) is 1. The van der Waals surface area contributed by atoms with Gasteiger partial charge in [0, 0.05) is 4.47 Å². The molecule has 17 heavy (non-hydrogen) atoms. The molecule has 1 aromatic rings. The van der Waals surface area contributed by atoms with Crippen LogP contribution in [-0.2, 0) is 10.0 Å². The van der Waals surface area contributed by atoms with Gasteiger partial charge in [0.1, 0.15) is 5.75 Å². The van der Waals surface area contributed by atoms with Crippen molar-refractivity contribution in [2.75, 3.05) is 12.4 Å². The van der Waals surface area contributed by atoms with Crippen molar-refractivity contribution in [3.63, 3.8) is 0 Å². The molecule has 0 aliphatic heterocycles. The van der Waals surface area contributed by atoms with Crippen LogP contribution in [0.2, 0.25) is 0 Å². The first-order valence-electron chi connectivity index (χ1n) is 5.28. The molecule has 2 N–H and O–H groups in total. The van der Waals surface area contributed by atoms with Crippen molar-refractivity contribution in [1.29, 1.82) is 0 Å². The standard InChI is InChI=1S/C11H16BrNO3S/c1-9-8-10(4-5-11(9)12)16-6-2-3-7-17(13,14)15/h4-5,8H,2-3,6-7H2,1H3,(H2,13,14,15). The van der Waals surface area contributed by atoms with Crippen LogP contribution in [0.1, 0.15) is 18.4 Å². The third-order valence-corrected chi connectivity index (χ3v) is 3.97. The number of sulfonamides is 1. The van der Waals surface area contributed by atoms with E-state index in [9.17, 15) is 8.42 Å². The first-order valence-corrected chi connectivity index (χ1v) is 7.79. The summed E-state index contributed by atoms with van der Waals surface area (Å²) in [5, 5.41) is 4.89. The van der Waals surface area contributed by atoms with Crippen molar-refractivity contribution < 1.29 is 13.2 Å². The molecule has 0 aliphatic rings. The average molecular weight is 322 g/mol. The van der Waals surface area contributed by atoms with Gasteiger partial charge in [-0.25, -0.2) is 13.6 Å². The Hall–Kier alpha value is -0.590. The van der Waals surface area contributed by atoms with Crippen LogP contribution in [0.25, 0.3) is 0 Å². The Morgan fingerprint density at radius 2 is 2.06 bits per heavy atom. The van der Waals surface area contributed by atoms with Crippen LogP contribution in [0.3, 0.4) is 0 Å². The molecule has 1 aromatic carbocycles. The summed E-state index contributed by atoms with van der Waals surface area (Å²) >= 11 is 3.41. The van der Waals surface area contributed by atoms with Gasteiger partial charge in [0.2, 0.25) is 10.0 Å². The maximum Gasteiger partial charge on any atom is 0.209 e. The van der Waals surface area contributed by atoms with Gasteiger partial charge in [-0.3, -0.25) is 0 Å².